The molecule has 1 aromatic heterocycles. The van der Waals surface area contributed by atoms with Crippen molar-refractivity contribution in [2.24, 2.45) is 5.73 Å². The van der Waals surface area contributed by atoms with Crippen LogP contribution in [0.25, 0.3) is 0 Å². The molecule has 2 rings (SSSR count). The lowest BCUT2D eigenvalue weighted by molar-refractivity contribution is 0.473. The zero-order valence-corrected chi connectivity index (χ0v) is 7.35. The van der Waals surface area contributed by atoms with Gasteiger partial charge in [0.25, 0.3) is 0 Å². The molecule has 0 radical (unpaired) electrons. The van der Waals surface area contributed by atoms with E-state index in [9.17, 15) is 4.39 Å². The van der Waals surface area contributed by atoms with Crippen LogP contribution in [0, 0.1) is 5.82 Å². The monoisotopic (exact) mass is 192 g/mol. The summed E-state index contributed by atoms with van der Waals surface area (Å²) in [6.07, 6.45) is 2.95. The fourth-order valence-electron chi connectivity index (χ4n) is 1.23. The van der Waals surface area contributed by atoms with Crippen LogP contribution in [0.2, 0.25) is 0 Å². The molecule has 0 spiro atoms. The fraction of sp³-hybridized carbons (Fsp3) is 0.100. The van der Waals surface area contributed by atoms with Crippen LogP contribution in [0.1, 0.15) is 17.5 Å². The lowest BCUT2D eigenvalue weighted by atomic mass is 10.1. The molecule has 0 saturated heterocycles. The number of benzene rings is 1. The van der Waals surface area contributed by atoms with Gasteiger partial charge in [-0.2, -0.15) is 0 Å². The van der Waals surface area contributed by atoms with Gasteiger partial charge in [-0.15, -0.1) is 0 Å². The second-order valence-corrected chi connectivity index (χ2v) is 2.90. The van der Waals surface area contributed by atoms with Gasteiger partial charge in [-0.1, -0.05) is 12.1 Å². The Morgan fingerprint density at radius 3 is 2.93 bits per heavy atom. The van der Waals surface area contributed by atoms with E-state index < -0.39 is 6.04 Å². The maximum absolute atomic E-state index is 12.9. The van der Waals surface area contributed by atoms with Crippen molar-refractivity contribution >= 4 is 0 Å². The summed E-state index contributed by atoms with van der Waals surface area (Å²) in [6.45, 7) is 0. The normalized spacial score (nSPS) is 12.7. The smallest absolute Gasteiger partial charge is 0.215 e. The Bertz CT molecular complexity index is 414. The van der Waals surface area contributed by atoms with Crippen LogP contribution in [0.15, 0.2) is 41.1 Å². The van der Waals surface area contributed by atoms with E-state index in [4.69, 9.17) is 10.2 Å². The van der Waals surface area contributed by atoms with Crippen LogP contribution in [-0.4, -0.2) is 4.98 Å². The van der Waals surface area contributed by atoms with Gasteiger partial charge in [0.05, 0.1) is 6.20 Å². The Balaban J connectivity index is 2.32. The molecule has 2 aromatic rings. The second kappa shape index (κ2) is 3.59. The number of hydrogen-bond donors (Lipinski definition) is 1. The summed E-state index contributed by atoms with van der Waals surface area (Å²) in [5.41, 5.74) is 6.45. The third-order valence-electron chi connectivity index (χ3n) is 1.93. The standard InChI is InChI=1S/C10H9FN2O/c11-8-3-1-2-7(6-8)9(12)10-13-4-5-14-10/h1-6,9H,12H2. The Morgan fingerprint density at radius 2 is 2.29 bits per heavy atom. The minimum absolute atomic E-state index is 0.315. The fourth-order valence-corrected chi connectivity index (χ4v) is 1.23. The van der Waals surface area contributed by atoms with Crippen molar-refractivity contribution < 1.29 is 8.81 Å². The molecule has 1 heterocycles. The Morgan fingerprint density at radius 1 is 1.43 bits per heavy atom. The molecule has 14 heavy (non-hydrogen) atoms. The first-order valence-corrected chi connectivity index (χ1v) is 4.18. The van der Waals surface area contributed by atoms with Crippen molar-refractivity contribution in [3.63, 3.8) is 0 Å². The molecular formula is C10H9FN2O. The first-order valence-electron chi connectivity index (χ1n) is 4.18. The van der Waals surface area contributed by atoms with E-state index >= 15 is 0 Å². The average molecular weight is 192 g/mol. The molecule has 1 atom stereocenters. The summed E-state index contributed by atoms with van der Waals surface area (Å²) < 4.78 is 17.9. The van der Waals surface area contributed by atoms with Gasteiger partial charge >= 0.3 is 0 Å². The highest BCUT2D eigenvalue weighted by Gasteiger charge is 2.13. The minimum atomic E-state index is -0.513. The summed E-state index contributed by atoms with van der Waals surface area (Å²) in [6, 6.07) is 5.56. The lowest BCUT2D eigenvalue weighted by Gasteiger charge is -2.07. The van der Waals surface area contributed by atoms with Crippen LogP contribution < -0.4 is 5.73 Å². The molecular weight excluding hydrogens is 183 g/mol. The average Bonchev–Trinajstić information content (AvgIpc) is 2.69. The third-order valence-corrected chi connectivity index (χ3v) is 1.93. The SMILES string of the molecule is NC(c1cccc(F)c1)c1ncco1. The van der Waals surface area contributed by atoms with E-state index in [1.54, 1.807) is 12.1 Å². The predicted molar refractivity (Wildman–Crippen MR) is 48.9 cm³/mol. The second-order valence-electron chi connectivity index (χ2n) is 2.90. The quantitative estimate of drug-likeness (QED) is 0.790. The molecule has 2 N–H and O–H groups in total. The maximum atomic E-state index is 12.9. The summed E-state index contributed by atoms with van der Waals surface area (Å²) in [5, 5.41) is 0. The lowest BCUT2D eigenvalue weighted by Crippen LogP contribution is -2.12. The molecule has 0 fully saturated rings. The van der Waals surface area contributed by atoms with Gasteiger partial charge < -0.3 is 10.2 Å². The molecule has 1 aromatic carbocycles. The van der Waals surface area contributed by atoms with Crippen LogP contribution in [-0.2, 0) is 0 Å². The third kappa shape index (κ3) is 1.65. The topological polar surface area (TPSA) is 52.0 Å². The van der Waals surface area contributed by atoms with Crippen molar-refractivity contribution in [1.29, 1.82) is 0 Å². The molecule has 0 amide bonds. The van der Waals surface area contributed by atoms with E-state index in [0.29, 0.717) is 11.5 Å². The van der Waals surface area contributed by atoms with Crippen molar-refractivity contribution in [2.75, 3.05) is 0 Å². The largest absolute Gasteiger partial charge is 0.447 e. The zero-order chi connectivity index (χ0) is 9.97. The molecule has 0 saturated carbocycles. The van der Waals surface area contributed by atoms with Crippen LogP contribution in [0.4, 0.5) is 4.39 Å². The van der Waals surface area contributed by atoms with Crippen molar-refractivity contribution in [3.05, 3.63) is 54.0 Å². The molecule has 0 bridgehead atoms. The molecule has 1 unspecified atom stereocenters. The summed E-state index contributed by atoms with van der Waals surface area (Å²) in [4.78, 5) is 3.91. The van der Waals surface area contributed by atoms with Crippen molar-refractivity contribution in [1.82, 2.24) is 4.98 Å². The Labute approximate surface area is 80.4 Å². The van der Waals surface area contributed by atoms with E-state index in [1.807, 2.05) is 0 Å². The number of aromatic nitrogens is 1. The number of rotatable bonds is 2. The van der Waals surface area contributed by atoms with E-state index in [2.05, 4.69) is 4.98 Å². The summed E-state index contributed by atoms with van der Waals surface area (Å²) >= 11 is 0. The van der Waals surface area contributed by atoms with Crippen molar-refractivity contribution in [3.8, 4) is 0 Å². The van der Waals surface area contributed by atoms with Gasteiger partial charge in [-0.3, -0.25) is 0 Å². The molecule has 72 valence electrons. The van der Waals surface area contributed by atoms with E-state index in [0.717, 1.165) is 0 Å². The van der Waals surface area contributed by atoms with Gasteiger partial charge in [0, 0.05) is 0 Å². The number of nitrogens with two attached hydrogens (primary N) is 1. The van der Waals surface area contributed by atoms with Gasteiger partial charge in [-0.25, -0.2) is 9.37 Å². The number of nitrogens with zero attached hydrogens (tertiary/aromatic N) is 1. The van der Waals surface area contributed by atoms with Gasteiger partial charge in [0.2, 0.25) is 5.89 Å². The van der Waals surface area contributed by atoms with Crippen LogP contribution in [0.5, 0.6) is 0 Å². The predicted octanol–water partition coefficient (Wildman–Crippen LogP) is 1.86. The Kier molecular flexibility index (Phi) is 2.28. The highest BCUT2D eigenvalue weighted by molar-refractivity contribution is 5.23. The van der Waals surface area contributed by atoms with Crippen molar-refractivity contribution in [2.45, 2.75) is 6.04 Å². The molecule has 3 nitrogen and oxygen atoms in total. The molecule has 0 aliphatic carbocycles. The Hall–Kier alpha value is -1.68. The summed E-state index contributed by atoms with van der Waals surface area (Å²) in [7, 11) is 0. The van der Waals surface area contributed by atoms with Gasteiger partial charge in [0.15, 0.2) is 0 Å². The highest BCUT2D eigenvalue weighted by Crippen LogP contribution is 2.18. The van der Waals surface area contributed by atoms with Crippen LogP contribution >= 0.6 is 0 Å². The first kappa shape index (κ1) is 8.90. The molecule has 0 aliphatic rings. The van der Waals surface area contributed by atoms with Gasteiger partial charge in [-0.05, 0) is 17.7 Å². The molecule has 0 aliphatic heterocycles. The van der Waals surface area contributed by atoms with E-state index in [-0.39, 0.29) is 5.82 Å². The summed E-state index contributed by atoms with van der Waals surface area (Å²) in [5.74, 6) is 0.0695. The van der Waals surface area contributed by atoms with Gasteiger partial charge in [0.1, 0.15) is 18.1 Å². The number of oxazole rings is 1. The minimum Gasteiger partial charge on any atom is -0.447 e. The maximum Gasteiger partial charge on any atom is 0.215 e. The molecule has 4 heteroatoms. The van der Waals surface area contributed by atoms with Crippen LogP contribution in [0.3, 0.4) is 0 Å². The number of halogens is 1. The highest BCUT2D eigenvalue weighted by atomic mass is 19.1. The van der Waals surface area contributed by atoms with E-state index in [1.165, 1.54) is 24.6 Å². The zero-order valence-electron chi connectivity index (χ0n) is 7.35. The number of hydrogen-bond acceptors (Lipinski definition) is 3. The first-order chi connectivity index (χ1) is 6.77.